The van der Waals surface area contributed by atoms with Gasteiger partial charge in [-0.25, -0.2) is 18.4 Å². The number of nitrogens with zero attached hydrogens (tertiary/aromatic N) is 3. The average molecular weight is 368 g/mol. The maximum atomic E-state index is 12.6. The van der Waals surface area contributed by atoms with Gasteiger partial charge >= 0.3 is 5.76 Å². The molecule has 1 aliphatic heterocycles. The Kier molecular flexibility index (Phi) is 5.12. The van der Waals surface area contributed by atoms with Gasteiger partial charge in [0.2, 0.25) is 15.8 Å². The van der Waals surface area contributed by atoms with Gasteiger partial charge < -0.3 is 10.2 Å². The number of nitrogens with one attached hydrogen (secondary N) is 1. The van der Waals surface area contributed by atoms with E-state index in [4.69, 9.17) is 0 Å². The summed E-state index contributed by atoms with van der Waals surface area (Å²) in [4.78, 5) is 10.2. The van der Waals surface area contributed by atoms with Gasteiger partial charge in [0.1, 0.15) is 0 Å². The molecule has 1 aliphatic rings. The lowest BCUT2D eigenvalue weighted by molar-refractivity contribution is 0.234. The van der Waals surface area contributed by atoms with Gasteiger partial charge in [-0.05, 0) is 43.2 Å². The van der Waals surface area contributed by atoms with Gasteiger partial charge in [-0.3, -0.25) is 0 Å². The normalized spacial score (nSPS) is 18.4. The number of aromatic nitrogens is 2. The van der Waals surface area contributed by atoms with E-state index in [1.807, 2.05) is 0 Å². The number of alkyl halides is 2. The Morgan fingerprint density at radius 1 is 1.16 bits per heavy atom. The Morgan fingerprint density at radius 2 is 1.84 bits per heavy atom. The van der Waals surface area contributed by atoms with E-state index in [1.54, 1.807) is 18.5 Å². The van der Waals surface area contributed by atoms with Crippen molar-refractivity contribution in [2.45, 2.75) is 29.5 Å². The number of rotatable bonds is 5. The summed E-state index contributed by atoms with van der Waals surface area (Å²) in [7, 11) is -4.56. The molecule has 0 spiro atoms. The Morgan fingerprint density at radius 3 is 2.48 bits per heavy atom. The molecule has 1 atom stereocenters. The van der Waals surface area contributed by atoms with Gasteiger partial charge in [-0.2, -0.15) is 8.78 Å². The summed E-state index contributed by atoms with van der Waals surface area (Å²) in [6.07, 6.45) is 5.30. The molecular weight excluding hydrogens is 350 g/mol. The summed E-state index contributed by atoms with van der Waals surface area (Å²) in [6.45, 7) is 1.58. The van der Waals surface area contributed by atoms with E-state index < -0.39 is 15.6 Å². The number of piperidine rings is 1. The molecule has 9 heteroatoms. The van der Waals surface area contributed by atoms with Crippen LogP contribution in [0.4, 0.5) is 20.4 Å². The molecule has 0 amide bonds. The van der Waals surface area contributed by atoms with Crippen LogP contribution in [0.3, 0.4) is 0 Å². The maximum absolute atomic E-state index is 12.6. The molecule has 1 fully saturated rings. The highest BCUT2D eigenvalue weighted by Crippen LogP contribution is 2.22. The molecule has 1 aromatic heterocycles. The molecule has 1 saturated heterocycles. The summed E-state index contributed by atoms with van der Waals surface area (Å²) in [5.41, 5.74) is 0.689. The fourth-order valence-electron chi connectivity index (χ4n) is 2.81. The molecule has 0 aliphatic carbocycles. The van der Waals surface area contributed by atoms with Crippen LogP contribution < -0.4 is 10.2 Å². The first kappa shape index (κ1) is 17.5. The molecule has 0 unspecified atom stereocenters. The molecule has 2 heterocycles. The maximum Gasteiger partial charge on any atom is 0.341 e. The summed E-state index contributed by atoms with van der Waals surface area (Å²) in [5.74, 6) is -2.74. The van der Waals surface area contributed by atoms with E-state index in [1.165, 1.54) is 24.3 Å². The third-order valence-electron chi connectivity index (χ3n) is 4.04. The van der Waals surface area contributed by atoms with Gasteiger partial charge in [-0.1, -0.05) is 0 Å². The van der Waals surface area contributed by atoms with Crippen LogP contribution in [0.25, 0.3) is 0 Å². The summed E-state index contributed by atoms with van der Waals surface area (Å²) in [6, 6.07) is 7.31. The van der Waals surface area contributed by atoms with Crippen LogP contribution in [-0.4, -0.2) is 43.3 Å². The standard InChI is InChI=1S/C16H18F2N4O2S/c17-15(18)25(23,24)14-6-4-12(5-7-14)21-13-3-1-10-22(11-13)16-19-8-2-9-20-16/h2,4-9,13,15,21H,1,3,10-11H2/t13-/m0/s1. The Hall–Kier alpha value is -2.29. The second-order valence-corrected chi connectivity index (χ2v) is 7.73. The third-order valence-corrected chi connectivity index (χ3v) is 5.44. The zero-order valence-corrected chi connectivity index (χ0v) is 14.2. The van der Waals surface area contributed by atoms with Crippen molar-refractivity contribution in [3.05, 3.63) is 42.7 Å². The van der Waals surface area contributed by atoms with E-state index >= 15 is 0 Å². The Balaban J connectivity index is 1.66. The molecular formula is C16H18F2N4O2S. The molecule has 0 saturated carbocycles. The first-order valence-corrected chi connectivity index (χ1v) is 9.42. The highest BCUT2D eigenvalue weighted by atomic mass is 32.2. The van der Waals surface area contributed by atoms with Crippen LogP contribution in [-0.2, 0) is 9.84 Å². The summed E-state index contributed by atoms with van der Waals surface area (Å²) < 4.78 is 48.0. The van der Waals surface area contributed by atoms with Gasteiger partial charge in [0.25, 0.3) is 0 Å². The van der Waals surface area contributed by atoms with E-state index in [0.717, 1.165) is 19.4 Å². The molecule has 0 radical (unpaired) electrons. The number of benzene rings is 1. The van der Waals surface area contributed by atoms with Crippen LogP contribution in [0.5, 0.6) is 0 Å². The van der Waals surface area contributed by atoms with Crippen LogP contribution in [0.2, 0.25) is 0 Å². The molecule has 0 bridgehead atoms. The molecule has 134 valence electrons. The van der Waals surface area contributed by atoms with Crippen LogP contribution in [0.1, 0.15) is 12.8 Å². The van der Waals surface area contributed by atoms with Crippen LogP contribution in [0.15, 0.2) is 47.6 Å². The second kappa shape index (κ2) is 7.30. The highest BCUT2D eigenvalue weighted by molar-refractivity contribution is 7.91. The average Bonchev–Trinajstić information content (AvgIpc) is 2.63. The zero-order valence-electron chi connectivity index (χ0n) is 13.3. The lowest BCUT2D eigenvalue weighted by Gasteiger charge is -2.33. The van der Waals surface area contributed by atoms with E-state index in [-0.39, 0.29) is 10.9 Å². The first-order chi connectivity index (χ1) is 12.0. The molecule has 2 aromatic rings. The Bertz CT molecular complexity index is 801. The van der Waals surface area contributed by atoms with Gasteiger partial charge in [0.05, 0.1) is 4.90 Å². The van der Waals surface area contributed by atoms with Crippen LogP contribution >= 0.6 is 0 Å². The third kappa shape index (κ3) is 4.04. The molecule has 25 heavy (non-hydrogen) atoms. The smallest absolute Gasteiger partial charge is 0.341 e. The van der Waals surface area contributed by atoms with Crippen molar-refractivity contribution >= 4 is 21.5 Å². The lowest BCUT2D eigenvalue weighted by atomic mass is 10.1. The van der Waals surface area contributed by atoms with Crippen molar-refractivity contribution in [3.63, 3.8) is 0 Å². The number of sulfone groups is 1. The number of hydrogen-bond donors (Lipinski definition) is 1. The number of anilines is 2. The molecule has 1 aromatic carbocycles. The van der Waals surface area contributed by atoms with E-state index in [2.05, 4.69) is 20.2 Å². The SMILES string of the molecule is O=S(=O)(c1ccc(N[C@H]2CCCN(c3ncccn3)C2)cc1)C(F)F. The first-order valence-electron chi connectivity index (χ1n) is 7.87. The summed E-state index contributed by atoms with van der Waals surface area (Å²) in [5, 5.41) is 3.31. The largest absolute Gasteiger partial charge is 0.381 e. The predicted octanol–water partition coefficient (Wildman–Crippen LogP) is 2.55. The highest BCUT2D eigenvalue weighted by Gasteiger charge is 2.26. The van der Waals surface area contributed by atoms with E-state index in [9.17, 15) is 17.2 Å². The summed E-state index contributed by atoms with van der Waals surface area (Å²) >= 11 is 0. The molecule has 3 rings (SSSR count). The topological polar surface area (TPSA) is 75.2 Å². The quantitative estimate of drug-likeness (QED) is 0.874. The predicted molar refractivity (Wildman–Crippen MR) is 90.5 cm³/mol. The lowest BCUT2D eigenvalue weighted by Crippen LogP contribution is -2.42. The van der Waals surface area contributed by atoms with Crippen molar-refractivity contribution in [2.24, 2.45) is 0 Å². The number of hydrogen-bond acceptors (Lipinski definition) is 6. The fraction of sp³-hybridized carbons (Fsp3) is 0.375. The van der Waals surface area contributed by atoms with Crippen molar-refractivity contribution in [1.29, 1.82) is 0 Å². The van der Waals surface area contributed by atoms with Crippen molar-refractivity contribution in [2.75, 3.05) is 23.3 Å². The molecule has 1 N–H and O–H groups in total. The van der Waals surface area contributed by atoms with Crippen molar-refractivity contribution in [1.82, 2.24) is 9.97 Å². The minimum atomic E-state index is -4.56. The van der Waals surface area contributed by atoms with E-state index in [0.29, 0.717) is 18.2 Å². The Labute approximate surface area is 144 Å². The van der Waals surface area contributed by atoms with Gasteiger partial charge in [-0.15, -0.1) is 0 Å². The zero-order chi connectivity index (χ0) is 17.9. The minimum Gasteiger partial charge on any atom is -0.381 e. The van der Waals surface area contributed by atoms with Gasteiger partial charge in [0.15, 0.2) is 0 Å². The van der Waals surface area contributed by atoms with Crippen molar-refractivity contribution in [3.8, 4) is 0 Å². The fourth-order valence-corrected chi connectivity index (χ4v) is 3.53. The van der Waals surface area contributed by atoms with Crippen LogP contribution in [0, 0.1) is 0 Å². The second-order valence-electron chi connectivity index (χ2n) is 5.81. The number of halogens is 2. The van der Waals surface area contributed by atoms with Gasteiger partial charge in [0, 0.05) is 37.2 Å². The monoisotopic (exact) mass is 368 g/mol. The van der Waals surface area contributed by atoms with Crippen molar-refractivity contribution < 1.29 is 17.2 Å². The minimum absolute atomic E-state index is 0.134. The molecule has 6 nitrogen and oxygen atoms in total.